The molecule has 3 atom stereocenters. The number of imidazole rings is 1. The van der Waals surface area contributed by atoms with E-state index in [4.69, 9.17) is 19.4 Å². The fourth-order valence-electron chi connectivity index (χ4n) is 4.41. The van der Waals surface area contributed by atoms with Gasteiger partial charge in [-0.2, -0.15) is 0 Å². The monoisotopic (exact) mass is 433 g/mol. The minimum atomic E-state index is -0.250. The summed E-state index contributed by atoms with van der Waals surface area (Å²) in [6.45, 7) is 4.93. The zero-order valence-corrected chi connectivity index (χ0v) is 17.8. The molecule has 3 N–H and O–H groups in total. The maximum absolute atomic E-state index is 9.71. The second-order valence-electron chi connectivity index (χ2n) is 7.64. The van der Waals surface area contributed by atoms with Gasteiger partial charge >= 0.3 is 0 Å². The lowest BCUT2D eigenvalue weighted by Crippen LogP contribution is -2.46. The van der Waals surface area contributed by atoms with Crippen molar-refractivity contribution >= 4 is 6.47 Å². The SMILES string of the molecule is CCOc1ccc(-c2nccn2[C@H]2C[C@H]3CO[C@@H](CCO)CN3C2)cc1CO.O=CO. The van der Waals surface area contributed by atoms with Gasteiger partial charge in [0.15, 0.2) is 0 Å². The first kappa shape index (κ1) is 23.2. The van der Waals surface area contributed by atoms with E-state index in [2.05, 4.69) is 14.5 Å². The van der Waals surface area contributed by atoms with E-state index in [-0.39, 0.29) is 25.8 Å². The van der Waals surface area contributed by atoms with Crippen molar-refractivity contribution in [1.82, 2.24) is 14.5 Å². The normalized spacial score (nSPS) is 23.0. The number of morpholine rings is 1. The topological polar surface area (TPSA) is 117 Å². The Balaban J connectivity index is 0.000000858. The van der Waals surface area contributed by atoms with Crippen LogP contribution < -0.4 is 4.74 Å². The standard InChI is InChI=1S/C21H29N3O4.CH2O2/c1-2-27-20-4-3-15(9-16(20)13-26)21-22-6-7-24(21)17-10-18-14-28-19(5-8-25)12-23(18)11-17;2-1-3/h3-4,6-7,9,17-19,25-26H,2,5,8,10-14H2,1H3;1H,(H,2,3)/t17-,18-,19-;/m0./s1. The van der Waals surface area contributed by atoms with Crippen LogP contribution in [-0.4, -0.2) is 81.3 Å². The molecule has 0 bridgehead atoms. The van der Waals surface area contributed by atoms with Crippen molar-refractivity contribution in [2.45, 2.75) is 44.6 Å². The first-order valence-corrected chi connectivity index (χ1v) is 10.6. The van der Waals surface area contributed by atoms with Crippen LogP contribution in [0.25, 0.3) is 11.4 Å². The number of carbonyl (C=O) groups is 1. The molecule has 1 aromatic heterocycles. The predicted octanol–water partition coefficient (Wildman–Crippen LogP) is 1.54. The van der Waals surface area contributed by atoms with Crippen LogP contribution in [0.4, 0.5) is 0 Å². The molecule has 0 spiro atoms. The van der Waals surface area contributed by atoms with Crippen molar-refractivity contribution in [2.75, 3.05) is 32.9 Å². The second-order valence-corrected chi connectivity index (χ2v) is 7.64. The first-order valence-electron chi connectivity index (χ1n) is 10.6. The van der Waals surface area contributed by atoms with E-state index >= 15 is 0 Å². The number of ether oxygens (including phenoxy) is 2. The predicted molar refractivity (Wildman–Crippen MR) is 114 cm³/mol. The smallest absolute Gasteiger partial charge is 0.290 e. The van der Waals surface area contributed by atoms with Crippen LogP contribution in [-0.2, 0) is 16.1 Å². The van der Waals surface area contributed by atoms with Crippen LogP contribution >= 0.6 is 0 Å². The van der Waals surface area contributed by atoms with Gasteiger partial charge in [-0.15, -0.1) is 0 Å². The number of benzene rings is 1. The van der Waals surface area contributed by atoms with Crippen molar-refractivity contribution in [3.05, 3.63) is 36.2 Å². The Kier molecular flexibility index (Phi) is 8.42. The van der Waals surface area contributed by atoms with Crippen LogP contribution in [0.3, 0.4) is 0 Å². The molecule has 3 heterocycles. The van der Waals surface area contributed by atoms with Gasteiger partial charge in [0.05, 0.1) is 25.9 Å². The molecular formula is C22H31N3O6. The molecule has 0 amide bonds. The third-order valence-corrected chi connectivity index (χ3v) is 5.77. The van der Waals surface area contributed by atoms with E-state index in [0.717, 1.165) is 48.8 Å². The summed E-state index contributed by atoms with van der Waals surface area (Å²) in [6.07, 6.45) is 5.73. The molecule has 0 aliphatic carbocycles. The average molecular weight is 434 g/mol. The number of aliphatic hydroxyl groups excluding tert-OH is 2. The summed E-state index contributed by atoms with van der Waals surface area (Å²) >= 11 is 0. The third kappa shape index (κ3) is 5.43. The van der Waals surface area contributed by atoms with Gasteiger partial charge in [-0.05, 0) is 38.0 Å². The minimum Gasteiger partial charge on any atom is -0.494 e. The fourth-order valence-corrected chi connectivity index (χ4v) is 4.41. The van der Waals surface area contributed by atoms with Crippen molar-refractivity contribution in [2.24, 2.45) is 0 Å². The van der Waals surface area contributed by atoms with Crippen LogP contribution in [0.2, 0.25) is 0 Å². The van der Waals surface area contributed by atoms with Crippen LogP contribution in [0.5, 0.6) is 5.75 Å². The molecule has 2 saturated heterocycles. The highest BCUT2D eigenvalue weighted by Gasteiger charge is 2.38. The summed E-state index contributed by atoms with van der Waals surface area (Å²) in [5.41, 5.74) is 1.76. The van der Waals surface area contributed by atoms with Gasteiger partial charge in [-0.25, -0.2) is 4.98 Å². The zero-order chi connectivity index (χ0) is 22.2. The zero-order valence-electron chi connectivity index (χ0n) is 17.8. The number of aromatic nitrogens is 2. The van der Waals surface area contributed by atoms with E-state index in [1.165, 1.54) is 0 Å². The number of fused-ring (bicyclic) bond motifs is 1. The molecule has 2 aliphatic heterocycles. The van der Waals surface area contributed by atoms with Gasteiger partial charge in [0.2, 0.25) is 0 Å². The molecule has 2 fully saturated rings. The van der Waals surface area contributed by atoms with Gasteiger partial charge in [0.25, 0.3) is 6.47 Å². The maximum Gasteiger partial charge on any atom is 0.290 e. The number of nitrogens with zero attached hydrogens (tertiary/aromatic N) is 3. The first-order chi connectivity index (χ1) is 15.1. The molecule has 0 radical (unpaired) electrons. The van der Waals surface area contributed by atoms with Crippen molar-refractivity contribution in [3.63, 3.8) is 0 Å². The van der Waals surface area contributed by atoms with E-state index in [1.54, 1.807) is 0 Å². The maximum atomic E-state index is 9.71. The van der Waals surface area contributed by atoms with E-state index in [0.29, 0.717) is 25.1 Å². The lowest BCUT2D eigenvalue weighted by Gasteiger charge is -2.34. The van der Waals surface area contributed by atoms with E-state index in [9.17, 15) is 10.2 Å². The molecule has 9 heteroatoms. The Morgan fingerprint density at radius 1 is 1.29 bits per heavy atom. The number of aliphatic hydroxyl groups is 2. The summed E-state index contributed by atoms with van der Waals surface area (Å²) in [4.78, 5) is 15.4. The summed E-state index contributed by atoms with van der Waals surface area (Å²) in [7, 11) is 0. The second kappa shape index (κ2) is 11.2. The van der Waals surface area contributed by atoms with Gasteiger partial charge in [0, 0.05) is 55.3 Å². The molecule has 9 nitrogen and oxygen atoms in total. The molecule has 1 aromatic carbocycles. The summed E-state index contributed by atoms with van der Waals surface area (Å²) in [5, 5.41) is 25.8. The summed E-state index contributed by atoms with van der Waals surface area (Å²) < 4.78 is 13.8. The highest BCUT2D eigenvalue weighted by molar-refractivity contribution is 5.59. The largest absolute Gasteiger partial charge is 0.494 e. The Bertz CT molecular complexity index is 842. The molecule has 0 saturated carbocycles. The van der Waals surface area contributed by atoms with Crippen LogP contribution in [0, 0.1) is 0 Å². The van der Waals surface area contributed by atoms with Gasteiger partial charge < -0.3 is 29.4 Å². The highest BCUT2D eigenvalue weighted by Crippen LogP contribution is 2.34. The molecular weight excluding hydrogens is 402 g/mol. The van der Waals surface area contributed by atoms with Gasteiger partial charge in [-0.3, -0.25) is 9.69 Å². The molecule has 2 aromatic rings. The Labute approximate surface area is 181 Å². The lowest BCUT2D eigenvalue weighted by atomic mass is 10.1. The summed E-state index contributed by atoms with van der Waals surface area (Å²) in [6, 6.07) is 6.64. The minimum absolute atomic E-state index is 0.0628. The number of hydrogen-bond donors (Lipinski definition) is 3. The van der Waals surface area contributed by atoms with Crippen molar-refractivity contribution < 1.29 is 29.6 Å². The van der Waals surface area contributed by atoms with Crippen molar-refractivity contribution in [1.29, 1.82) is 0 Å². The molecule has 4 rings (SSSR count). The van der Waals surface area contributed by atoms with Gasteiger partial charge in [-0.1, -0.05) is 0 Å². The van der Waals surface area contributed by atoms with Gasteiger partial charge in [0.1, 0.15) is 11.6 Å². The Hall–Kier alpha value is -2.46. The lowest BCUT2D eigenvalue weighted by molar-refractivity contribution is -0.122. The average Bonchev–Trinajstić information content (AvgIpc) is 3.41. The Morgan fingerprint density at radius 2 is 2.10 bits per heavy atom. The van der Waals surface area contributed by atoms with Crippen molar-refractivity contribution in [3.8, 4) is 17.1 Å². The number of hydrogen-bond acceptors (Lipinski definition) is 7. The van der Waals surface area contributed by atoms with E-state index < -0.39 is 0 Å². The van der Waals surface area contributed by atoms with E-state index in [1.807, 2.05) is 37.5 Å². The molecule has 170 valence electrons. The van der Waals surface area contributed by atoms with Crippen LogP contribution in [0.1, 0.15) is 31.4 Å². The number of carboxylic acid groups (broad SMARTS) is 1. The third-order valence-electron chi connectivity index (χ3n) is 5.77. The molecule has 0 unspecified atom stereocenters. The fraction of sp³-hybridized carbons (Fsp3) is 0.545. The number of rotatable bonds is 7. The van der Waals surface area contributed by atoms with Crippen LogP contribution in [0.15, 0.2) is 30.6 Å². The molecule has 31 heavy (non-hydrogen) atoms. The molecule has 2 aliphatic rings. The highest BCUT2D eigenvalue weighted by atomic mass is 16.5. The quantitative estimate of drug-likeness (QED) is 0.563. The summed E-state index contributed by atoms with van der Waals surface area (Å²) in [5.74, 6) is 1.63. The Morgan fingerprint density at radius 3 is 2.81 bits per heavy atom.